The van der Waals surface area contributed by atoms with Crippen LogP contribution in [0.25, 0.3) is 6.08 Å². The van der Waals surface area contributed by atoms with Crippen LogP contribution in [0.3, 0.4) is 0 Å². The van der Waals surface area contributed by atoms with Crippen molar-refractivity contribution >= 4 is 27.8 Å². The molecule has 0 saturated heterocycles. The van der Waals surface area contributed by atoms with Crippen LogP contribution in [0, 0.1) is 0 Å². The zero-order valence-electron chi connectivity index (χ0n) is 8.20. The molecular weight excluding hydrogens is 256 g/mol. The molecule has 1 aliphatic rings. The second-order valence-corrected chi connectivity index (χ2v) is 3.96. The van der Waals surface area contributed by atoms with Gasteiger partial charge < -0.3 is 4.74 Å². The highest BCUT2D eigenvalue weighted by Gasteiger charge is 2.10. The average Bonchev–Trinajstić information content (AvgIpc) is 2.72. The van der Waals surface area contributed by atoms with E-state index in [1.54, 1.807) is 6.08 Å². The molecule has 0 N–H and O–H groups in total. The van der Waals surface area contributed by atoms with Crippen molar-refractivity contribution < 1.29 is 9.53 Å². The van der Waals surface area contributed by atoms with Crippen LogP contribution < -0.4 is 4.74 Å². The Morgan fingerprint density at radius 1 is 1.53 bits per heavy atom. The van der Waals surface area contributed by atoms with Crippen LogP contribution in [-0.4, -0.2) is 17.7 Å². The summed E-state index contributed by atoms with van der Waals surface area (Å²) < 4.78 is 5.40. The monoisotopic (exact) mass is 266 g/mol. The lowest BCUT2D eigenvalue weighted by Gasteiger charge is -1.99. The fourth-order valence-corrected chi connectivity index (χ4v) is 1.73. The molecule has 0 aromatic heterocycles. The summed E-state index contributed by atoms with van der Waals surface area (Å²) in [4.78, 5) is 11.1. The Hall–Kier alpha value is -1.09. The third-order valence-corrected chi connectivity index (χ3v) is 2.86. The van der Waals surface area contributed by atoms with Crippen molar-refractivity contribution in [3.63, 3.8) is 0 Å². The summed E-state index contributed by atoms with van der Waals surface area (Å²) in [6.45, 7) is 0.767. The van der Waals surface area contributed by atoms with E-state index in [1.807, 2.05) is 18.2 Å². The van der Waals surface area contributed by atoms with E-state index in [9.17, 15) is 4.79 Å². The molecule has 3 heteroatoms. The first-order chi connectivity index (χ1) is 7.29. The normalized spacial score (nSPS) is 13.9. The van der Waals surface area contributed by atoms with Gasteiger partial charge in [0.2, 0.25) is 0 Å². The standard InChI is InChI=1S/C12H11BrO2/c13-8-11(14)3-1-9-2-4-12-10(7-9)5-6-15-12/h1-4,7H,5-6,8H2/b3-1+. The number of allylic oxidation sites excluding steroid dienone is 1. The predicted octanol–water partition coefficient (Wildman–Crippen LogP) is 2.60. The summed E-state index contributed by atoms with van der Waals surface area (Å²) >= 11 is 3.12. The van der Waals surface area contributed by atoms with Gasteiger partial charge in [0.25, 0.3) is 0 Å². The Morgan fingerprint density at radius 2 is 2.40 bits per heavy atom. The summed E-state index contributed by atoms with van der Waals surface area (Å²) in [7, 11) is 0. The Morgan fingerprint density at radius 3 is 3.20 bits per heavy atom. The van der Waals surface area contributed by atoms with Crippen LogP contribution in [0.2, 0.25) is 0 Å². The molecule has 0 amide bonds. The zero-order valence-corrected chi connectivity index (χ0v) is 9.79. The quantitative estimate of drug-likeness (QED) is 0.621. The molecule has 1 aromatic rings. The Labute approximate surface area is 97.1 Å². The molecular formula is C12H11BrO2. The minimum absolute atomic E-state index is 0.0757. The molecule has 0 atom stereocenters. The minimum Gasteiger partial charge on any atom is -0.493 e. The van der Waals surface area contributed by atoms with Gasteiger partial charge in [-0.15, -0.1) is 0 Å². The number of hydrogen-bond acceptors (Lipinski definition) is 2. The van der Waals surface area contributed by atoms with Gasteiger partial charge in [0.15, 0.2) is 5.78 Å². The van der Waals surface area contributed by atoms with Gasteiger partial charge >= 0.3 is 0 Å². The first-order valence-corrected chi connectivity index (χ1v) is 5.94. The number of alkyl halides is 1. The summed E-state index contributed by atoms with van der Waals surface area (Å²) in [6.07, 6.45) is 4.39. The average molecular weight is 267 g/mol. The van der Waals surface area contributed by atoms with Crippen LogP contribution in [0.1, 0.15) is 11.1 Å². The maximum absolute atomic E-state index is 11.1. The first kappa shape index (κ1) is 10.4. The molecule has 78 valence electrons. The van der Waals surface area contributed by atoms with E-state index in [-0.39, 0.29) is 5.78 Å². The minimum atomic E-state index is 0.0757. The molecule has 0 aliphatic carbocycles. The molecule has 0 bridgehead atoms. The second-order valence-electron chi connectivity index (χ2n) is 3.40. The number of ether oxygens (including phenoxy) is 1. The van der Waals surface area contributed by atoms with Crippen molar-refractivity contribution in [1.29, 1.82) is 0 Å². The summed E-state index contributed by atoms with van der Waals surface area (Å²) in [5.41, 5.74) is 2.27. The highest BCUT2D eigenvalue weighted by Crippen LogP contribution is 2.26. The van der Waals surface area contributed by atoms with Gasteiger partial charge in [-0.05, 0) is 29.3 Å². The molecule has 0 unspecified atom stereocenters. The number of carbonyl (C=O) groups excluding carboxylic acids is 1. The maximum atomic E-state index is 11.1. The number of fused-ring (bicyclic) bond motifs is 1. The van der Waals surface area contributed by atoms with E-state index in [2.05, 4.69) is 22.0 Å². The van der Waals surface area contributed by atoms with Gasteiger partial charge in [0.05, 0.1) is 11.9 Å². The van der Waals surface area contributed by atoms with Crippen molar-refractivity contribution in [2.75, 3.05) is 11.9 Å². The van der Waals surface area contributed by atoms with Gasteiger partial charge in [-0.2, -0.15) is 0 Å². The van der Waals surface area contributed by atoms with Gasteiger partial charge in [0.1, 0.15) is 5.75 Å². The topological polar surface area (TPSA) is 26.3 Å². The van der Waals surface area contributed by atoms with Crippen molar-refractivity contribution in [2.45, 2.75) is 6.42 Å². The molecule has 15 heavy (non-hydrogen) atoms. The van der Waals surface area contributed by atoms with Gasteiger partial charge in [-0.25, -0.2) is 0 Å². The molecule has 1 aromatic carbocycles. The largest absolute Gasteiger partial charge is 0.493 e. The Balaban J connectivity index is 2.16. The zero-order chi connectivity index (χ0) is 10.7. The van der Waals surface area contributed by atoms with E-state index in [0.717, 1.165) is 24.3 Å². The highest BCUT2D eigenvalue weighted by molar-refractivity contribution is 9.09. The number of rotatable bonds is 3. The fraction of sp³-hybridized carbons (Fsp3) is 0.250. The van der Waals surface area contributed by atoms with Crippen molar-refractivity contribution in [3.8, 4) is 5.75 Å². The molecule has 0 saturated carbocycles. The number of carbonyl (C=O) groups is 1. The summed E-state index contributed by atoms with van der Waals surface area (Å²) in [5, 5.41) is 0.373. The van der Waals surface area contributed by atoms with E-state index in [4.69, 9.17) is 4.74 Å². The molecule has 2 nitrogen and oxygen atoms in total. The van der Waals surface area contributed by atoms with E-state index >= 15 is 0 Å². The van der Waals surface area contributed by atoms with E-state index in [1.165, 1.54) is 5.56 Å². The summed E-state index contributed by atoms with van der Waals surface area (Å²) in [5.74, 6) is 1.05. The van der Waals surface area contributed by atoms with E-state index in [0.29, 0.717) is 5.33 Å². The molecule has 0 spiro atoms. The predicted molar refractivity (Wildman–Crippen MR) is 63.5 cm³/mol. The van der Waals surface area contributed by atoms with Crippen molar-refractivity contribution in [2.24, 2.45) is 0 Å². The van der Waals surface area contributed by atoms with Crippen LogP contribution in [-0.2, 0) is 11.2 Å². The number of benzene rings is 1. The maximum Gasteiger partial charge on any atom is 0.166 e. The van der Waals surface area contributed by atoms with Crippen LogP contribution in [0.5, 0.6) is 5.75 Å². The lowest BCUT2D eigenvalue weighted by atomic mass is 10.1. The van der Waals surface area contributed by atoms with E-state index < -0.39 is 0 Å². The van der Waals surface area contributed by atoms with Crippen LogP contribution in [0.4, 0.5) is 0 Å². The van der Waals surface area contributed by atoms with Crippen molar-refractivity contribution in [3.05, 3.63) is 35.4 Å². The summed E-state index contributed by atoms with van der Waals surface area (Å²) in [6, 6.07) is 5.99. The number of halogens is 1. The third kappa shape index (κ3) is 2.48. The molecule has 1 aliphatic heterocycles. The van der Waals surface area contributed by atoms with Gasteiger partial charge in [-0.1, -0.05) is 28.1 Å². The van der Waals surface area contributed by atoms with Gasteiger partial charge in [0, 0.05) is 6.42 Å². The van der Waals surface area contributed by atoms with Crippen LogP contribution in [0.15, 0.2) is 24.3 Å². The first-order valence-electron chi connectivity index (χ1n) is 4.82. The van der Waals surface area contributed by atoms with Crippen LogP contribution >= 0.6 is 15.9 Å². The second kappa shape index (κ2) is 4.62. The SMILES string of the molecule is O=C(/C=C/c1ccc2c(c1)CCO2)CBr. The highest BCUT2D eigenvalue weighted by atomic mass is 79.9. The molecule has 1 heterocycles. The Bertz CT molecular complexity index is 410. The lowest BCUT2D eigenvalue weighted by molar-refractivity contribution is -0.112. The molecule has 0 radical (unpaired) electrons. The molecule has 2 rings (SSSR count). The Kier molecular flexibility index (Phi) is 3.21. The number of ketones is 1. The fourth-order valence-electron chi connectivity index (χ4n) is 1.54. The van der Waals surface area contributed by atoms with Gasteiger partial charge in [-0.3, -0.25) is 4.79 Å². The number of hydrogen-bond donors (Lipinski definition) is 0. The third-order valence-electron chi connectivity index (χ3n) is 2.31. The van der Waals surface area contributed by atoms with Crippen molar-refractivity contribution in [1.82, 2.24) is 0 Å². The molecule has 0 fully saturated rings. The smallest absolute Gasteiger partial charge is 0.166 e. The lowest BCUT2D eigenvalue weighted by Crippen LogP contribution is -1.91.